The van der Waals surface area contributed by atoms with Crippen LogP contribution < -0.4 is 5.32 Å². The Morgan fingerprint density at radius 2 is 2.10 bits per heavy atom. The summed E-state index contributed by atoms with van der Waals surface area (Å²) in [7, 11) is 0. The maximum absolute atomic E-state index is 12.6. The van der Waals surface area contributed by atoms with Gasteiger partial charge < -0.3 is 10.2 Å². The van der Waals surface area contributed by atoms with E-state index in [9.17, 15) is 18.0 Å². The molecule has 0 radical (unpaired) electrons. The third kappa shape index (κ3) is 3.64. The van der Waals surface area contributed by atoms with Crippen LogP contribution >= 0.6 is 12.4 Å². The van der Waals surface area contributed by atoms with Gasteiger partial charge in [-0.2, -0.15) is 13.2 Å². The Morgan fingerprint density at radius 1 is 1.40 bits per heavy atom. The summed E-state index contributed by atoms with van der Waals surface area (Å²) in [4.78, 5) is 13.8. The predicted octanol–water partition coefficient (Wildman–Crippen LogP) is 2.56. The standard InChI is InChI=1S/C13H15F3N2O.ClH/c1-9-8-17-5-6-18(9)12(19)10-3-2-4-11(7-10)13(14,15)16;/h2-4,7,9,17H,5-6,8H2,1H3;1H/t9-;/m0./s1. The van der Waals surface area contributed by atoms with Gasteiger partial charge in [-0.25, -0.2) is 0 Å². The van der Waals surface area contributed by atoms with Crippen LogP contribution in [0, 0.1) is 0 Å². The molecule has 1 atom stereocenters. The van der Waals surface area contributed by atoms with E-state index < -0.39 is 11.7 Å². The molecule has 20 heavy (non-hydrogen) atoms. The van der Waals surface area contributed by atoms with Gasteiger partial charge in [0.25, 0.3) is 5.91 Å². The SMILES string of the molecule is C[C@H]1CNCCN1C(=O)c1cccc(C(F)(F)F)c1.Cl. The maximum atomic E-state index is 12.6. The van der Waals surface area contributed by atoms with Gasteiger partial charge in [0.15, 0.2) is 0 Å². The van der Waals surface area contributed by atoms with Crippen molar-refractivity contribution in [3.05, 3.63) is 35.4 Å². The van der Waals surface area contributed by atoms with Gasteiger partial charge >= 0.3 is 6.18 Å². The lowest BCUT2D eigenvalue weighted by atomic mass is 10.1. The first-order valence-corrected chi connectivity index (χ1v) is 6.08. The van der Waals surface area contributed by atoms with E-state index in [0.29, 0.717) is 19.6 Å². The lowest BCUT2D eigenvalue weighted by Gasteiger charge is -2.34. The fourth-order valence-corrected chi connectivity index (χ4v) is 2.14. The summed E-state index contributed by atoms with van der Waals surface area (Å²) in [5.74, 6) is -0.347. The highest BCUT2D eigenvalue weighted by Crippen LogP contribution is 2.29. The summed E-state index contributed by atoms with van der Waals surface area (Å²) in [6.07, 6.45) is -4.43. The number of piperazine rings is 1. The number of hydrogen-bond donors (Lipinski definition) is 1. The van der Waals surface area contributed by atoms with Crippen LogP contribution in [0.15, 0.2) is 24.3 Å². The van der Waals surface area contributed by atoms with Gasteiger partial charge in [0.1, 0.15) is 0 Å². The number of nitrogens with one attached hydrogen (secondary N) is 1. The zero-order valence-electron chi connectivity index (χ0n) is 10.9. The monoisotopic (exact) mass is 308 g/mol. The van der Waals surface area contributed by atoms with Crippen molar-refractivity contribution in [2.45, 2.75) is 19.1 Å². The van der Waals surface area contributed by atoms with Gasteiger partial charge in [0.05, 0.1) is 5.56 Å². The van der Waals surface area contributed by atoms with Crippen molar-refractivity contribution in [2.75, 3.05) is 19.6 Å². The molecule has 0 aromatic heterocycles. The highest BCUT2D eigenvalue weighted by atomic mass is 35.5. The lowest BCUT2D eigenvalue weighted by Crippen LogP contribution is -2.52. The molecule has 1 heterocycles. The van der Waals surface area contributed by atoms with E-state index in [4.69, 9.17) is 0 Å². The van der Waals surface area contributed by atoms with Crippen molar-refractivity contribution in [1.29, 1.82) is 0 Å². The van der Waals surface area contributed by atoms with E-state index in [2.05, 4.69) is 5.32 Å². The minimum Gasteiger partial charge on any atom is -0.333 e. The number of benzene rings is 1. The van der Waals surface area contributed by atoms with Crippen molar-refractivity contribution in [1.82, 2.24) is 10.2 Å². The molecule has 3 nitrogen and oxygen atoms in total. The molecule has 1 amide bonds. The van der Waals surface area contributed by atoms with Gasteiger partial charge in [0.2, 0.25) is 0 Å². The molecule has 1 fully saturated rings. The van der Waals surface area contributed by atoms with Crippen LogP contribution in [0.3, 0.4) is 0 Å². The van der Waals surface area contributed by atoms with E-state index in [1.807, 2.05) is 6.92 Å². The Morgan fingerprint density at radius 3 is 2.70 bits per heavy atom. The molecule has 0 spiro atoms. The summed E-state index contributed by atoms with van der Waals surface area (Å²) in [6.45, 7) is 3.70. The minimum absolute atomic E-state index is 0. The topological polar surface area (TPSA) is 32.3 Å². The van der Waals surface area contributed by atoms with Gasteiger partial charge in [-0.3, -0.25) is 4.79 Å². The van der Waals surface area contributed by atoms with Gasteiger partial charge in [-0.05, 0) is 25.1 Å². The molecule has 1 N–H and O–H groups in total. The van der Waals surface area contributed by atoms with Gasteiger partial charge in [-0.1, -0.05) is 6.07 Å². The van der Waals surface area contributed by atoms with Crippen LogP contribution in [0.5, 0.6) is 0 Å². The number of carbonyl (C=O) groups excluding carboxylic acids is 1. The normalized spacial score (nSPS) is 19.4. The lowest BCUT2D eigenvalue weighted by molar-refractivity contribution is -0.137. The first-order valence-electron chi connectivity index (χ1n) is 6.08. The summed E-state index contributed by atoms with van der Waals surface area (Å²) in [5, 5.41) is 3.13. The van der Waals surface area contributed by atoms with Gasteiger partial charge in [0, 0.05) is 31.2 Å². The average Bonchev–Trinajstić information content (AvgIpc) is 2.38. The van der Waals surface area contributed by atoms with Crippen LogP contribution in [0.25, 0.3) is 0 Å². The van der Waals surface area contributed by atoms with Crippen molar-refractivity contribution >= 4 is 18.3 Å². The van der Waals surface area contributed by atoms with E-state index in [-0.39, 0.29) is 29.9 Å². The van der Waals surface area contributed by atoms with E-state index in [1.54, 1.807) is 4.90 Å². The average molecular weight is 309 g/mol. The number of halogens is 4. The molecule has 1 aromatic rings. The van der Waals surface area contributed by atoms with Gasteiger partial charge in [-0.15, -0.1) is 12.4 Å². The quantitative estimate of drug-likeness (QED) is 0.865. The fourth-order valence-electron chi connectivity index (χ4n) is 2.14. The first-order chi connectivity index (χ1) is 8.89. The molecule has 2 rings (SSSR count). The second-order valence-corrected chi connectivity index (χ2v) is 4.63. The van der Waals surface area contributed by atoms with Crippen LogP contribution in [-0.4, -0.2) is 36.5 Å². The second kappa shape index (κ2) is 6.45. The number of amides is 1. The number of rotatable bonds is 1. The number of hydrogen-bond acceptors (Lipinski definition) is 2. The van der Waals surface area contributed by atoms with Crippen molar-refractivity contribution < 1.29 is 18.0 Å². The molecule has 1 saturated heterocycles. The maximum Gasteiger partial charge on any atom is 0.416 e. The molecule has 0 bridgehead atoms. The first kappa shape index (κ1) is 16.8. The van der Waals surface area contributed by atoms with Crippen molar-refractivity contribution in [3.63, 3.8) is 0 Å². The highest BCUT2D eigenvalue weighted by Gasteiger charge is 2.32. The third-order valence-electron chi connectivity index (χ3n) is 3.20. The number of carbonyl (C=O) groups is 1. The predicted molar refractivity (Wildman–Crippen MR) is 72.1 cm³/mol. The Bertz CT molecular complexity index is 479. The van der Waals surface area contributed by atoms with E-state index in [0.717, 1.165) is 12.1 Å². The fraction of sp³-hybridized carbons (Fsp3) is 0.462. The molecule has 1 aromatic carbocycles. The molecule has 1 aliphatic heterocycles. The molecule has 0 aliphatic carbocycles. The minimum atomic E-state index is -4.43. The van der Waals surface area contributed by atoms with Crippen molar-refractivity contribution in [2.24, 2.45) is 0 Å². The smallest absolute Gasteiger partial charge is 0.333 e. The number of alkyl halides is 3. The largest absolute Gasteiger partial charge is 0.416 e. The Labute approximate surface area is 121 Å². The summed E-state index contributed by atoms with van der Waals surface area (Å²) < 4.78 is 37.8. The molecule has 0 saturated carbocycles. The zero-order chi connectivity index (χ0) is 14.0. The third-order valence-corrected chi connectivity index (χ3v) is 3.20. The summed E-state index contributed by atoms with van der Waals surface area (Å²) in [6, 6.07) is 4.56. The highest BCUT2D eigenvalue weighted by molar-refractivity contribution is 5.94. The zero-order valence-corrected chi connectivity index (χ0v) is 11.7. The van der Waals surface area contributed by atoms with Crippen LogP contribution in [-0.2, 0) is 6.18 Å². The summed E-state index contributed by atoms with van der Waals surface area (Å²) in [5.41, 5.74) is -0.704. The molecule has 0 unspecified atom stereocenters. The summed E-state index contributed by atoms with van der Waals surface area (Å²) >= 11 is 0. The van der Waals surface area contributed by atoms with Crippen LogP contribution in [0.1, 0.15) is 22.8 Å². The van der Waals surface area contributed by atoms with Crippen LogP contribution in [0.4, 0.5) is 13.2 Å². The van der Waals surface area contributed by atoms with Crippen LogP contribution in [0.2, 0.25) is 0 Å². The molecule has 112 valence electrons. The Balaban J connectivity index is 0.00000200. The Hall–Kier alpha value is -1.27. The molecular formula is C13H16ClF3N2O. The van der Waals surface area contributed by atoms with E-state index in [1.165, 1.54) is 12.1 Å². The van der Waals surface area contributed by atoms with Crippen molar-refractivity contribution in [3.8, 4) is 0 Å². The van der Waals surface area contributed by atoms with E-state index >= 15 is 0 Å². The molecule has 7 heteroatoms. The molecular weight excluding hydrogens is 293 g/mol. The number of nitrogens with zero attached hydrogens (tertiary/aromatic N) is 1. The second-order valence-electron chi connectivity index (χ2n) is 4.63. The Kier molecular flexibility index (Phi) is 5.42. The molecule has 1 aliphatic rings.